The van der Waals surface area contributed by atoms with Gasteiger partial charge in [0.1, 0.15) is 0 Å². The van der Waals surface area contributed by atoms with E-state index in [1.807, 2.05) is 31.2 Å². The Kier molecular flexibility index (Phi) is 7.62. The van der Waals surface area contributed by atoms with Crippen molar-refractivity contribution in [3.63, 3.8) is 0 Å². The third-order valence-corrected chi connectivity index (χ3v) is 7.31. The van der Waals surface area contributed by atoms with Crippen molar-refractivity contribution in [1.82, 2.24) is 4.31 Å². The molecule has 0 saturated heterocycles. The fraction of sp³-hybridized carbons (Fsp3) is 0.136. The van der Waals surface area contributed by atoms with E-state index in [0.29, 0.717) is 0 Å². The van der Waals surface area contributed by atoms with Gasteiger partial charge in [-0.3, -0.25) is 4.79 Å². The molecule has 0 aromatic heterocycles. The van der Waals surface area contributed by atoms with E-state index in [1.165, 1.54) is 24.3 Å². The first kappa shape index (κ1) is 23.6. The molecular weight excluding hydrogens is 479 g/mol. The summed E-state index contributed by atoms with van der Waals surface area (Å²) in [4.78, 5) is 12.8. The second-order valence-corrected chi connectivity index (χ2v) is 10.0. The molecule has 0 saturated carbocycles. The van der Waals surface area contributed by atoms with E-state index >= 15 is 0 Å². The molecule has 3 aromatic rings. The predicted molar refractivity (Wildman–Crippen MR) is 125 cm³/mol. The maximum atomic E-state index is 13.2. The van der Waals surface area contributed by atoms with E-state index < -0.39 is 22.5 Å². The van der Waals surface area contributed by atoms with Crippen molar-refractivity contribution in [2.45, 2.75) is 18.4 Å². The van der Waals surface area contributed by atoms with Crippen molar-refractivity contribution in [2.24, 2.45) is 0 Å². The Morgan fingerprint density at radius 1 is 0.903 bits per heavy atom. The van der Waals surface area contributed by atoms with E-state index in [1.54, 1.807) is 18.2 Å². The smallest absolute Gasteiger partial charge is 0.243 e. The Labute approximate surface area is 196 Å². The Hall–Kier alpha value is -2.09. The van der Waals surface area contributed by atoms with Crippen molar-refractivity contribution in [1.29, 1.82) is 0 Å². The molecule has 1 amide bonds. The van der Waals surface area contributed by atoms with Crippen LogP contribution in [0.5, 0.6) is 0 Å². The number of hydrogen-bond donors (Lipinski definition) is 1. The molecule has 0 radical (unpaired) electrons. The number of carbonyl (C=O) groups excluding carboxylic acids is 1. The van der Waals surface area contributed by atoms with Gasteiger partial charge in [-0.05, 0) is 36.8 Å². The zero-order valence-electron chi connectivity index (χ0n) is 16.5. The maximum Gasteiger partial charge on any atom is 0.243 e. The first-order valence-corrected chi connectivity index (χ1v) is 11.8. The normalized spacial score (nSPS) is 11.5. The lowest BCUT2D eigenvalue weighted by Crippen LogP contribution is -2.37. The summed E-state index contributed by atoms with van der Waals surface area (Å²) in [5.74, 6) is -0.563. The lowest BCUT2D eigenvalue weighted by atomic mass is 10.1. The van der Waals surface area contributed by atoms with Crippen molar-refractivity contribution < 1.29 is 13.2 Å². The lowest BCUT2D eigenvalue weighted by molar-refractivity contribution is -0.116. The first-order valence-electron chi connectivity index (χ1n) is 9.22. The van der Waals surface area contributed by atoms with Gasteiger partial charge in [-0.15, -0.1) is 0 Å². The molecule has 0 bridgehead atoms. The summed E-state index contributed by atoms with van der Waals surface area (Å²) >= 11 is 18.0. The maximum absolute atomic E-state index is 13.2. The van der Waals surface area contributed by atoms with Gasteiger partial charge in [-0.25, -0.2) is 8.42 Å². The molecule has 9 heteroatoms. The fourth-order valence-electron chi connectivity index (χ4n) is 2.83. The highest BCUT2D eigenvalue weighted by Gasteiger charge is 2.27. The van der Waals surface area contributed by atoms with Crippen LogP contribution in [0.1, 0.15) is 11.1 Å². The molecule has 0 atom stereocenters. The summed E-state index contributed by atoms with van der Waals surface area (Å²) in [6, 6.07) is 18.2. The van der Waals surface area contributed by atoms with E-state index in [0.717, 1.165) is 15.4 Å². The molecule has 3 aromatic carbocycles. The van der Waals surface area contributed by atoms with Crippen LogP contribution in [0.2, 0.25) is 15.1 Å². The zero-order chi connectivity index (χ0) is 22.6. The zero-order valence-corrected chi connectivity index (χ0v) is 19.6. The summed E-state index contributed by atoms with van der Waals surface area (Å²) in [6.07, 6.45) is 0. The number of nitrogens with one attached hydrogen (secondary N) is 1. The molecule has 5 nitrogen and oxygen atoms in total. The monoisotopic (exact) mass is 496 g/mol. The Balaban J connectivity index is 1.88. The topological polar surface area (TPSA) is 66.5 Å². The van der Waals surface area contributed by atoms with Crippen molar-refractivity contribution >= 4 is 56.4 Å². The number of benzene rings is 3. The summed E-state index contributed by atoms with van der Waals surface area (Å²) in [5.41, 5.74) is 2.05. The van der Waals surface area contributed by atoms with Crippen LogP contribution < -0.4 is 5.32 Å². The molecule has 0 spiro atoms. The molecule has 0 aliphatic rings. The lowest BCUT2D eigenvalue weighted by Gasteiger charge is -2.22. The molecule has 3 rings (SSSR count). The highest BCUT2D eigenvalue weighted by atomic mass is 35.5. The third-order valence-electron chi connectivity index (χ3n) is 4.46. The summed E-state index contributed by atoms with van der Waals surface area (Å²) in [6.45, 7) is 1.55. The minimum Gasteiger partial charge on any atom is -0.324 e. The molecule has 162 valence electrons. The Morgan fingerprint density at radius 3 is 2.16 bits per heavy atom. The second kappa shape index (κ2) is 10.0. The number of nitrogens with zero attached hydrogens (tertiary/aromatic N) is 1. The summed E-state index contributed by atoms with van der Waals surface area (Å²) in [5, 5.41) is 3.27. The van der Waals surface area contributed by atoms with E-state index in [2.05, 4.69) is 5.32 Å². The third kappa shape index (κ3) is 5.99. The summed E-state index contributed by atoms with van der Waals surface area (Å²) in [7, 11) is -3.93. The van der Waals surface area contributed by atoms with Gasteiger partial charge in [-0.2, -0.15) is 4.31 Å². The number of carbonyl (C=O) groups is 1. The minimum absolute atomic E-state index is 0.0278. The van der Waals surface area contributed by atoms with Crippen LogP contribution in [-0.4, -0.2) is 25.2 Å². The molecule has 0 aliphatic carbocycles. The van der Waals surface area contributed by atoms with E-state index in [4.69, 9.17) is 34.8 Å². The molecule has 0 aliphatic heterocycles. The number of sulfonamides is 1. The second-order valence-electron chi connectivity index (χ2n) is 6.87. The number of anilines is 1. The Morgan fingerprint density at radius 2 is 1.52 bits per heavy atom. The standard InChI is InChI=1S/C22H19Cl3N2O3S/c1-15-7-9-16(10-8-15)13-27(31(29,30)17-5-3-2-4-6-17)14-22(28)26-21-12-19(24)18(23)11-20(21)25/h2-12H,13-14H2,1H3,(H,26,28). The van der Waals surface area contributed by atoms with Gasteiger partial charge in [0.2, 0.25) is 15.9 Å². The number of aryl methyl sites for hydroxylation is 1. The number of rotatable bonds is 7. The SMILES string of the molecule is Cc1ccc(CN(CC(=O)Nc2cc(Cl)c(Cl)cc2Cl)S(=O)(=O)c2ccccc2)cc1. The van der Waals surface area contributed by atoms with Crippen LogP contribution in [0.3, 0.4) is 0 Å². The predicted octanol–water partition coefficient (Wildman–Crippen LogP) is 5.78. The van der Waals surface area contributed by atoms with Crippen LogP contribution in [0, 0.1) is 6.92 Å². The largest absolute Gasteiger partial charge is 0.324 e. The molecule has 0 fully saturated rings. The first-order chi connectivity index (χ1) is 14.7. The van der Waals surface area contributed by atoms with Crippen LogP contribution in [0.15, 0.2) is 71.6 Å². The van der Waals surface area contributed by atoms with Crippen LogP contribution >= 0.6 is 34.8 Å². The van der Waals surface area contributed by atoms with Gasteiger partial charge in [0.05, 0.1) is 32.2 Å². The fourth-order valence-corrected chi connectivity index (χ4v) is 4.83. The molecule has 1 N–H and O–H groups in total. The number of halogens is 3. The van der Waals surface area contributed by atoms with Crippen molar-refractivity contribution in [3.8, 4) is 0 Å². The molecule has 0 heterocycles. The van der Waals surface area contributed by atoms with Gasteiger partial charge >= 0.3 is 0 Å². The van der Waals surface area contributed by atoms with Gasteiger partial charge in [0, 0.05) is 6.54 Å². The average Bonchev–Trinajstić information content (AvgIpc) is 2.73. The van der Waals surface area contributed by atoms with Gasteiger partial charge in [0.25, 0.3) is 0 Å². The van der Waals surface area contributed by atoms with E-state index in [-0.39, 0.29) is 32.2 Å². The minimum atomic E-state index is -3.93. The molecular formula is C22H19Cl3N2O3S. The summed E-state index contributed by atoms with van der Waals surface area (Å²) < 4.78 is 27.6. The van der Waals surface area contributed by atoms with E-state index in [9.17, 15) is 13.2 Å². The van der Waals surface area contributed by atoms with Crippen LogP contribution in [-0.2, 0) is 21.4 Å². The Bertz CT molecular complexity index is 1180. The molecule has 31 heavy (non-hydrogen) atoms. The highest BCUT2D eigenvalue weighted by molar-refractivity contribution is 7.89. The van der Waals surface area contributed by atoms with Crippen LogP contribution in [0.4, 0.5) is 5.69 Å². The molecule has 0 unspecified atom stereocenters. The van der Waals surface area contributed by atoms with Gasteiger partial charge in [-0.1, -0.05) is 82.8 Å². The van der Waals surface area contributed by atoms with Crippen LogP contribution in [0.25, 0.3) is 0 Å². The number of hydrogen-bond acceptors (Lipinski definition) is 3. The van der Waals surface area contributed by atoms with Crippen molar-refractivity contribution in [2.75, 3.05) is 11.9 Å². The van der Waals surface area contributed by atoms with Gasteiger partial charge < -0.3 is 5.32 Å². The van der Waals surface area contributed by atoms with Crippen molar-refractivity contribution in [3.05, 3.63) is 92.9 Å². The average molecular weight is 498 g/mol. The number of amides is 1. The highest BCUT2D eigenvalue weighted by Crippen LogP contribution is 2.32. The quantitative estimate of drug-likeness (QED) is 0.420. The van der Waals surface area contributed by atoms with Gasteiger partial charge in [0.15, 0.2) is 0 Å².